The van der Waals surface area contributed by atoms with Gasteiger partial charge in [-0.3, -0.25) is 4.79 Å². The third-order valence-corrected chi connectivity index (χ3v) is 3.57. The molecule has 0 aliphatic carbocycles. The van der Waals surface area contributed by atoms with Crippen LogP contribution in [-0.4, -0.2) is 22.1 Å². The molecule has 3 aromatic rings. The van der Waals surface area contributed by atoms with E-state index in [9.17, 15) is 4.79 Å². The number of allylic oxidation sites excluding steroid dienone is 1. The standard InChI is InChI=1S/C17H13BrN4O/c18-14(8-12-4-2-1-3-5-12)10-21-22-17(23)13-6-7-15-16(9-13)20-11-19-15/h1-11H,(H,19,20)(H,22,23)/b14-8+,21-10+. The van der Waals surface area contributed by atoms with Crippen LogP contribution in [0, 0.1) is 0 Å². The first-order valence-corrected chi connectivity index (χ1v) is 7.70. The SMILES string of the molecule is O=C(N/N=C/C(Br)=C\c1ccccc1)c1ccc2nc[nH]c2c1. The number of nitrogens with zero attached hydrogens (tertiary/aromatic N) is 2. The molecule has 0 spiro atoms. The van der Waals surface area contributed by atoms with Crippen molar-refractivity contribution in [2.45, 2.75) is 0 Å². The average molecular weight is 369 g/mol. The normalized spacial score (nSPS) is 12.0. The molecule has 0 fully saturated rings. The molecule has 3 rings (SSSR count). The van der Waals surface area contributed by atoms with E-state index in [1.54, 1.807) is 30.7 Å². The second-order valence-electron chi connectivity index (χ2n) is 4.77. The number of hydrogen-bond acceptors (Lipinski definition) is 3. The van der Waals surface area contributed by atoms with Gasteiger partial charge in [0, 0.05) is 10.0 Å². The molecule has 114 valence electrons. The van der Waals surface area contributed by atoms with E-state index in [1.165, 1.54) is 0 Å². The van der Waals surface area contributed by atoms with Gasteiger partial charge in [-0.1, -0.05) is 30.3 Å². The lowest BCUT2D eigenvalue weighted by atomic mass is 10.2. The molecule has 1 heterocycles. The van der Waals surface area contributed by atoms with E-state index < -0.39 is 0 Å². The number of hydrazone groups is 1. The molecule has 1 amide bonds. The number of H-pyrrole nitrogens is 1. The van der Waals surface area contributed by atoms with Crippen LogP contribution in [-0.2, 0) is 0 Å². The first-order chi connectivity index (χ1) is 11.2. The molecule has 23 heavy (non-hydrogen) atoms. The second kappa shape index (κ2) is 7.02. The zero-order chi connectivity index (χ0) is 16.1. The van der Waals surface area contributed by atoms with Crippen LogP contribution in [0.2, 0.25) is 0 Å². The van der Waals surface area contributed by atoms with Crippen LogP contribution in [0.5, 0.6) is 0 Å². The smallest absolute Gasteiger partial charge is 0.271 e. The summed E-state index contributed by atoms with van der Waals surface area (Å²) in [6, 6.07) is 15.1. The lowest BCUT2D eigenvalue weighted by molar-refractivity contribution is 0.0955. The Morgan fingerprint density at radius 2 is 2.04 bits per heavy atom. The maximum atomic E-state index is 12.1. The van der Waals surface area contributed by atoms with Crippen molar-refractivity contribution < 1.29 is 4.79 Å². The molecule has 2 N–H and O–H groups in total. The number of carbonyl (C=O) groups excluding carboxylic acids is 1. The summed E-state index contributed by atoms with van der Waals surface area (Å²) in [6.07, 6.45) is 5.04. The summed E-state index contributed by atoms with van der Waals surface area (Å²) in [5.74, 6) is -0.280. The summed E-state index contributed by atoms with van der Waals surface area (Å²) in [6.45, 7) is 0. The van der Waals surface area contributed by atoms with E-state index in [4.69, 9.17) is 0 Å². The minimum atomic E-state index is -0.280. The highest BCUT2D eigenvalue weighted by Crippen LogP contribution is 2.12. The highest BCUT2D eigenvalue weighted by molar-refractivity contribution is 9.12. The Bertz CT molecular complexity index is 884. The maximum Gasteiger partial charge on any atom is 0.271 e. The molecular weight excluding hydrogens is 356 g/mol. The van der Waals surface area contributed by atoms with Crippen molar-refractivity contribution >= 4 is 45.2 Å². The Hall–Kier alpha value is -2.73. The third-order valence-electron chi connectivity index (χ3n) is 3.14. The first-order valence-electron chi connectivity index (χ1n) is 6.91. The highest BCUT2D eigenvalue weighted by atomic mass is 79.9. The number of aromatic nitrogens is 2. The third kappa shape index (κ3) is 3.92. The van der Waals surface area contributed by atoms with E-state index in [0.29, 0.717) is 5.56 Å². The van der Waals surface area contributed by atoms with Gasteiger partial charge in [0.1, 0.15) is 0 Å². The Morgan fingerprint density at radius 1 is 1.22 bits per heavy atom. The Morgan fingerprint density at radius 3 is 2.87 bits per heavy atom. The van der Waals surface area contributed by atoms with Gasteiger partial charge in [-0.05, 0) is 45.8 Å². The van der Waals surface area contributed by atoms with Gasteiger partial charge in [0.25, 0.3) is 5.91 Å². The van der Waals surface area contributed by atoms with Crippen LogP contribution >= 0.6 is 15.9 Å². The minimum Gasteiger partial charge on any atom is -0.345 e. The van der Waals surface area contributed by atoms with E-state index in [0.717, 1.165) is 21.1 Å². The Balaban J connectivity index is 1.65. The van der Waals surface area contributed by atoms with Crippen molar-refractivity contribution in [2.24, 2.45) is 5.10 Å². The van der Waals surface area contributed by atoms with Crippen molar-refractivity contribution in [3.05, 3.63) is 70.5 Å². The monoisotopic (exact) mass is 368 g/mol. The van der Waals surface area contributed by atoms with Gasteiger partial charge in [-0.25, -0.2) is 10.4 Å². The maximum absolute atomic E-state index is 12.1. The van der Waals surface area contributed by atoms with Gasteiger partial charge in [-0.15, -0.1) is 0 Å². The molecule has 0 aliphatic heterocycles. The summed E-state index contributed by atoms with van der Waals surface area (Å²) in [5.41, 5.74) is 5.69. The number of carbonyl (C=O) groups is 1. The van der Waals surface area contributed by atoms with E-state index in [1.807, 2.05) is 36.4 Å². The van der Waals surface area contributed by atoms with Crippen molar-refractivity contribution in [1.82, 2.24) is 15.4 Å². The molecule has 0 saturated carbocycles. The van der Waals surface area contributed by atoms with Crippen LogP contribution < -0.4 is 5.43 Å². The fourth-order valence-corrected chi connectivity index (χ4v) is 2.41. The number of nitrogens with one attached hydrogen (secondary N) is 2. The highest BCUT2D eigenvalue weighted by Gasteiger charge is 2.06. The number of rotatable bonds is 4. The molecule has 0 unspecified atom stereocenters. The van der Waals surface area contributed by atoms with E-state index >= 15 is 0 Å². The number of fused-ring (bicyclic) bond motifs is 1. The molecule has 0 saturated heterocycles. The van der Waals surface area contributed by atoms with Gasteiger partial charge < -0.3 is 4.98 Å². The van der Waals surface area contributed by atoms with Gasteiger partial charge in [0.05, 0.1) is 23.6 Å². The number of hydrogen-bond donors (Lipinski definition) is 2. The molecule has 0 atom stereocenters. The largest absolute Gasteiger partial charge is 0.345 e. The molecule has 1 aromatic heterocycles. The second-order valence-corrected chi connectivity index (χ2v) is 5.69. The summed E-state index contributed by atoms with van der Waals surface area (Å²) in [7, 11) is 0. The zero-order valence-corrected chi connectivity index (χ0v) is 13.6. The molecule has 2 aromatic carbocycles. The van der Waals surface area contributed by atoms with Gasteiger partial charge in [0.2, 0.25) is 0 Å². The topological polar surface area (TPSA) is 70.1 Å². The summed E-state index contributed by atoms with van der Waals surface area (Å²) < 4.78 is 0.757. The summed E-state index contributed by atoms with van der Waals surface area (Å²) in [4.78, 5) is 19.1. The average Bonchev–Trinajstić information content (AvgIpc) is 3.03. The lowest BCUT2D eigenvalue weighted by Gasteiger charge is -1.99. The molecule has 0 aliphatic rings. The van der Waals surface area contributed by atoms with Crippen LogP contribution in [0.3, 0.4) is 0 Å². The van der Waals surface area contributed by atoms with Crippen LogP contribution in [0.25, 0.3) is 17.1 Å². The number of benzene rings is 2. The van der Waals surface area contributed by atoms with Crippen LogP contribution in [0.4, 0.5) is 0 Å². The fraction of sp³-hybridized carbons (Fsp3) is 0. The summed E-state index contributed by atoms with van der Waals surface area (Å²) in [5, 5.41) is 3.95. The van der Waals surface area contributed by atoms with E-state index in [2.05, 4.69) is 36.4 Å². The molecule has 5 nitrogen and oxygen atoms in total. The predicted octanol–water partition coefficient (Wildman–Crippen LogP) is 3.71. The summed E-state index contributed by atoms with van der Waals surface area (Å²) >= 11 is 3.40. The number of halogens is 1. The molecule has 0 bridgehead atoms. The van der Waals surface area contributed by atoms with Gasteiger partial charge >= 0.3 is 0 Å². The van der Waals surface area contributed by atoms with Crippen molar-refractivity contribution in [2.75, 3.05) is 0 Å². The van der Waals surface area contributed by atoms with Crippen molar-refractivity contribution in [3.63, 3.8) is 0 Å². The van der Waals surface area contributed by atoms with Crippen molar-refractivity contribution in [3.8, 4) is 0 Å². The van der Waals surface area contributed by atoms with Gasteiger partial charge in [-0.2, -0.15) is 5.10 Å². The molecule has 6 heteroatoms. The number of aromatic amines is 1. The number of amides is 1. The Kier molecular flexibility index (Phi) is 4.63. The lowest BCUT2D eigenvalue weighted by Crippen LogP contribution is -2.17. The molecular formula is C17H13BrN4O. The van der Waals surface area contributed by atoms with Crippen LogP contribution in [0.15, 0.2) is 64.4 Å². The molecule has 0 radical (unpaired) electrons. The van der Waals surface area contributed by atoms with Crippen LogP contribution in [0.1, 0.15) is 15.9 Å². The Labute approximate surface area is 141 Å². The number of imidazole rings is 1. The minimum absolute atomic E-state index is 0.280. The zero-order valence-electron chi connectivity index (χ0n) is 12.0. The van der Waals surface area contributed by atoms with Crippen molar-refractivity contribution in [1.29, 1.82) is 0 Å². The van der Waals surface area contributed by atoms with E-state index in [-0.39, 0.29) is 5.91 Å². The predicted molar refractivity (Wildman–Crippen MR) is 95.4 cm³/mol. The van der Waals surface area contributed by atoms with Gasteiger partial charge in [0.15, 0.2) is 0 Å². The fourth-order valence-electron chi connectivity index (χ4n) is 2.04. The first kappa shape index (κ1) is 15.2. The quantitative estimate of drug-likeness (QED) is 0.544.